The first kappa shape index (κ1) is 24.9. The van der Waals surface area contributed by atoms with Gasteiger partial charge in [0, 0.05) is 12.8 Å². The van der Waals surface area contributed by atoms with E-state index < -0.39 is 11.9 Å². The Balaban J connectivity index is 0.000000411. The van der Waals surface area contributed by atoms with Crippen molar-refractivity contribution in [3.05, 3.63) is 59.7 Å². The largest absolute Gasteiger partial charge is 0.543 e. The SMILES string of the molecule is C[NH2+]CCc1ccc(O)cc1.C[NH2+]CCc1ccc(O)cc1.O=C([O-])C(=O)[O-]. The van der Waals surface area contributed by atoms with E-state index in [1.807, 2.05) is 24.3 Å². The van der Waals surface area contributed by atoms with Crippen molar-refractivity contribution < 1.29 is 40.6 Å². The molecule has 8 heteroatoms. The summed E-state index contributed by atoms with van der Waals surface area (Å²) in [5.74, 6) is -3.69. The van der Waals surface area contributed by atoms with Crippen molar-refractivity contribution in [2.24, 2.45) is 0 Å². The van der Waals surface area contributed by atoms with Crippen LogP contribution in [0.5, 0.6) is 11.5 Å². The maximum atomic E-state index is 8.97. The molecule has 0 aliphatic rings. The fourth-order valence-corrected chi connectivity index (χ4v) is 1.95. The predicted octanol–water partition coefficient (Wildman–Crippen LogP) is -3.26. The fourth-order valence-electron chi connectivity index (χ4n) is 1.95. The minimum Gasteiger partial charge on any atom is -0.543 e. The number of hydrogen-bond acceptors (Lipinski definition) is 6. The molecule has 0 aliphatic carbocycles. The number of rotatable bonds is 6. The molecule has 2 aromatic carbocycles. The number of nitrogens with two attached hydrogens (primary N) is 2. The van der Waals surface area contributed by atoms with E-state index in [9.17, 15) is 0 Å². The van der Waals surface area contributed by atoms with Crippen LogP contribution in [-0.4, -0.2) is 49.3 Å². The highest BCUT2D eigenvalue weighted by Gasteiger charge is 1.93. The number of phenolic OH excluding ortho intramolecular Hbond substituents is 2. The van der Waals surface area contributed by atoms with Gasteiger partial charge in [-0.3, -0.25) is 0 Å². The van der Waals surface area contributed by atoms with Gasteiger partial charge < -0.3 is 40.6 Å². The van der Waals surface area contributed by atoms with Crippen LogP contribution < -0.4 is 20.8 Å². The lowest BCUT2D eigenvalue weighted by Gasteiger charge is -1.97. The van der Waals surface area contributed by atoms with Crippen LogP contribution in [0.1, 0.15) is 11.1 Å². The van der Waals surface area contributed by atoms with Gasteiger partial charge in [-0.15, -0.1) is 0 Å². The number of hydrogen-bond donors (Lipinski definition) is 4. The lowest BCUT2D eigenvalue weighted by atomic mass is 10.1. The van der Waals surface area contributed by atoms with Gasteiger partial charge in [-0.1, -0.05) is 24.3 Å². The topological polar surface area (TPSA) is 154 Å². The molecular weight excluding hydrogens is 364 g/mol. The number of carboxylic acids is 2. The summed E-state index contributed by atoms with van der Waals surface area (Å²) in [4.78, 5) is 17.9. The molecule has 0 amide bonds. The third kappa shape index (κ3) is 13.2. The van der Waals surface area contributed by atoms with Crippen LogP contribution in [0.2, 0.25) is 0 Å². The zero-order valence-corrected chi connectivity index (χ0v) is 16.1. The molecule has 0 aliphatic heterocycles. The Morgan fingerprint density at radius 2 is 1.00 bits per heavy atom. The molecule has 0 spiro atoms. The summed E-state index contributed by atoms with van der Waals surface area (Å²) in [5, 5.41) is 40.1. The van der Waals surface area contributed by atoms with Gasteiger partial charge in [-0.2, -0.15) is 0 Å². The first-order chi connectivity index (χ1) is 13.3. The van der Waals surface area contributed by atoms with Gasteiger partial charge in [0.05, 0.1) is 39.1 Å². The fraction of sp³-hybridized carbons (Fsp3) is 0.300. The van der Waals surface area contributed by atoms with E-state index in [4.69, 9.17) is 30.0 Å². The summed E-state index contributed by atoms with van der Waals surface area (Å²) < 4.78 is 0. The normalized spacial score (nSPS) is 9.36. The van der Waals surface area contributed by atoms with Gasteiger partial charge in [0.2, 0.25) is 0 Å². The monoisotopic (exact) mass is 392 g/mol. The average Bonchev–Trinajstić information content (AvgIpc) is 2.68. The van der Waals surface area contributed by atoms with Crippen molar-refractivity contribution in [2.45, 2.75) is 12.8 Å². The molecule has 0 saturated heterocycles. The Kier molecular flexibility index (Phi) is 13.3. The predicted molar refractivity (Wildman–Crippen MR) is 99.1 cm³/mol. The van der Waals surface area contributed by atoms with Crippen LogP contribution >= 0.6 is 0 Å². The molecule has 0 fully saturated rings. The molecule has 28 heavy (non-hydrogen) atoms. The van der Waals surface area contributed by atoms with E-state index >= 15 is 0 Å². The molecule has 2 rings (SSSR count). The highest BCUT2D eigenvalue weighted by Crippen LogP contribution is 2.09. The molecule has 2 aromatic rings. The van der Waals surface area contributed by atoms with E-state index in [0.717, 1.165) is 25.9 Å². The number of likely N-dealkylation sites (N-methyl/N-ethyl adjacent to an activating group) is 2. The van der Waals surface area contributed by atoms with Crippen molar-refractivity contribution in [3.63, 3.8) is 0 Å². The van der Waals surface area contributed by atoms with Crippen molar-refractivity contribution in [2.75, 3.05) is 27.2 Å². The lowest BCUT2D eigenvalue weighted by Crippen LogP contribution is -2.80. The standard InChI is InChI=1S/2C9H13NO.C2H2O4/c2*1-10-7-6-8-2-4-9(11)5-3-8;3-1(4)2(5)6/h2*2-5,10-11H,6-7H2,1H3;(H,3,4)(H,5,6). The van der Waals surface area contributed by atoms with Crippen LogP contribution in [0.4, 0.5) is 0 Å². The van der Waals surface area contributed by atoms with E-state index in [1.165, 1.54) is 11.1 Å². The second-order valence-corrected chi connectivity index (χ2v) is 5.80. The van der Waals surface area contributed by atoms with Crippen LogP contribution in [0, 0.1) is 0 Å². The second-order valence-electron chi connectivity index (χ2n) is 5.80. The molecule has 0 unspecified atom stereocenters. The smallest absolute Gasteiger partial charge is 0.115 e. The van der Waals surface area contributed by atoms with Gasteiger partial charge in [0.1, 0.15) is 11.5 Å². The first-order valence-electron chi connectivity index (χ1n) is 8.83. The number of aliphatic carboxylic acids is 2. The van der Waals surface area contributed by atoms with Gasteiger partial charge >= 0.3 is 0 Å². The van der Waals surface area contributed by atoms with E-state index in [2.05, 4.69) is 24.7 Å². The quantitative estimate of drug-likeness (QED) is 0.379. The third-order valence-corrected chi connectivity index (χ3v) is 3.48. The Bertz CT molecular complexity index is 625. The minimum absolute atomic E-state index is 0.342. The lowest BCUT2D eigenvalue weighted by molar-refractivity contribution is -0.626. The third-order valence-electron chi connectivity index (χ3n) is 3.48. The molecule has 0 saturated carbocycles. The zero-order valence-electron chi connectivity index (χ0n) is 16.1. The summed E-state index contributed by atoms with van der Waals surface area (Å²) in [5.41, 5.74) is 2.56. The molecule has 0 bridgehead atoms. The maximum absolute atomic E-state index is 8.97. The highest BCUT2D eigenvalue weighted by molar-refractivity contribution is 6.25. The molecule has 6 N–H and O–H groups in total. The van der Waals surface area contributed by atoms with E-state index in [1.54, 1.807) is 24.3 Å². The number of aromatic hydroxyl groups is 2. The van der Waals surface area contributed by atoms with E-state index in [-0.39, 0.29) is 0 Å². The van der Waals surface area contributed by atoms with Gasteiger partial charge in [0.25, 0.3) is 0 Å². The Labute approximate surface area is 164 Å². The Morgan fingerprint density at radius 1 is 0.714 bits per heavy atom. The van der Waals surface area contributed by atoms with Crippen molar-refractivity contribution >= 4 is 11.9 Å². The summed E-state index contributed by atoms with van der Waals surface area (Å²) in [6.45, 7) is 2.20. The molecule has 154 valence electrons. The maximum Gasteiger partial charge on any atom is 0.115 e. The average molecular weight is 392 g/mol. The van der Waals surface area contributed by atoms with Gasteiger partial charge in [0.15, 0.2) is 0 Å². The first-order valence-corrected chi connectivity index (χ1v) is 8.83. The number of carboxylic acid groups (broad SMARTS) is 2. The second kappa shape index (κ2) is 15.0. The summed E-state index contributed by atoms with van der Waals surface area (Å²) in [6, 6.07) is 14.7. The number of benzene rings is 2. The van der Waals surface area contributed by atoms with Crippen LogP contribution in [0.3, 0.4) is 0 Å². The zero-order chi connectivity index (χ0) is 21.4. The Morgan fingerprint density at radius 3 is 1.21 bits per heavy atom. The molecule has 0 heterocycles. The summed E-state index contributed by atoms with van der Waals surface area (Å²) in [6.07, 6.45) is 2.13. The van der Waals surface area contributed by atoms with E-state index in [0.29, 0.717) is 11.5 Å². The number of quaternary nitrogens is 2. The van der Waals surface area contributed by atoms with Crippen molar-refractivity contribution in [1.29, 1.82) is 0 Å². The molecule has 0 radical (unpaired) electrons. The van der Waals surface area contributed by atoms with Crippen molar-refractivity contribution in [3.8, 4) is 11.5 Å². The molecule has 0 atom stereocenters. The number of carbonyl (C=O) groups is 2. The summed E-state index contributed by atoms with van der Waals surface area (Å²) >= 11 is 0. The highest BCUT2D eigenvalue weighted by atomic mass is 16.4. The van der Waals surface area contributed by atoms with Gasteiger partial charge in [-0.05, 0) is 35.4 Å². The van der Waals surface area contributed by atoms with Gasteiger partial charge in [-0.25, -0.2) is 0 Å². The molecule has 0 aromatic heterocycles. The van der Waals surface area contributed by atoms with Crippen LogP contribution in [0.15, 0.2) is 48.5 Å². The van der Waals surface area contributed by atoms with Crippen LogP contribution in [-0.2, 0) is 22.4 Å². The number of carbonyl (C=O) groups excluding carboxylic acids is 2. The Hall–Kier alpha value is -3.10. The van der Waals surface area contributed by atoms with Crippen molar-refractivity contribution in [1.82, 2.24) is 0 Å². The molecular formula is C20H28N2O6. The minimum atomic E-state index is -2.19. The molecule has 8 nitrogen and oxygen atoms in total. The summed E-state index contributed by atoms with van der Waals surface area (Å²) in [7, 11) is 4.11. The van der Waals surface area contributed by atoms with Crippen LogP contribution in [0.25, 0.3) is 0 Å². The number of phenols is 2.